The minimum Gasteiger partial charge on any atom is -0.504 e. The van der Waals surface area contributed by atoms with E-state index in [1.54, 1.807) is 19.1 Å². The molecule has 3 rings (SSSR count). The fourth-order valence-electron chi connectivity index (χ4n) is 3.18. The molecule has 0 amide bonds. The predicted octanol–water partition coefficient (Wildman–Crippen LogP) is 5.17. The minimum absolute atomic E-state index is 0.00845. The summed E-state index contributed by atoms with van der Waals surface area (Å²) in [5, 5.41) is 9.12. The van der Waals surface area contributed by atoms with Gasteiger partial charge in [0.25, 0.3) is 0 Å². The number of rotatable bonds is 6. The third-order valence-electron chi connectivity index (χ3n) is 4.59. The lowest BCUT2D eigenvalue weighted by atomic mass is 10.0. The normalized spacial score (nSPS) is 12.9. The number of ether oxygens (including phenoxy) is 2. The second-order valence-electron chi connectivity index (χ2n) is 6.76. The van der Waals surface area contributed by atoms with Gasteiger partial charge in [-0.2, -0.15) is 0 Å². The molecular formula is C22H19F3O5S. The Kier molecular flexibility index (Phi) is 6.17. The summed E-state index contributed by atoms with van der Waals surface area (Å²) in [6.07, 6.45) is -4.94. The zero-order valence-corrected chi connectivity index (χ0v) is 17.4. The Balaban J connectivity index is 2.24. The van der Waals surface area contributed by atoms with Crippen LogP contribution in [0.3, 0.4) is 0 Å². The van der Waals surface area contributed by atoms with Gasteiger partial charge in [0.1, 0.15) is 11.0 Å². The smallest absolute Gasteiger partial charge is 0.504 e. The van der Waals surface area contributed by atoms with Crippen LogP contribution in [0.4, 0.5) is 13.2 Å². The van der Waals surface area contributed by atoms with Crippen LogP contribution in [0.15, 0.2) is 71.6 Å². The maximum atomic E-state index is 13.6. The number of phenols is 1. The monoisotopic (exact) mass is 452 g/mol. The lowest BCUT2D eigenvalue weighted by molar-refractivity contribution is -0.274. The molecule has 0 aliphatic carbocycles. The van der Waals surface area contributed by atoms with Crippen molar-refractivity contribution in [1.82, 2.24) is 0 Å². The molecule has 5 nitrogen and oxygen atoms in total. The molecular weight excluding hydrogens is 433 g/mol. The zero-order valence-electron chi connectivity index (χ0n) is 16.6. The predicted molar refractivity (Wildman–Crippen MR) is 108 cm³/mol. The highest BCUT2D eigenvalue weighted by molar-refractivity contribution is 7.92. The summed E-state index contributed by atoms with van der Waals surface area (Å²) < 4.78 is 74.3. The molecule has 0 aromatic heterocycles. The van der Waals surface area contributed by atoms with Gasteiger partial charge in [0.05, 0.1) is 12.0 Å². The standard InChI is InChI=1S/C22H19F3O5S/c1-14-9-11-17(12-10-14)31(27,28)21(18-7-4-8-19(29-2)20(18)26)15-5-3-6-16(13-15)30-22(23,24)25/h3-13,21,26H,1-2H3. The summed E-state index contributed by atoms with van der Waals surface area (Å²) in [5.41, 5.74) is 0.787. The Hall–Kier alpha value is -3.20. The third-order valence-corrected chi connectivity index (χ3v) is 6.66. The second kappa shape index (κ2) is 8.50. The number of methoxy groups -OCH3 is 1. The van der Waals surface area contributed by atoms with Gasteiger partial charge < -0.3 is 14.6 Å². The van der Waals surface area contributed by atoms with Gasteiger partial charge in [-0.05, 0) is 42.8 Å². The average molecular weight is 452 g/mol. The molecule has 0 spiro atoms. The molecule has 3 aromatic rings. The maximum absolute atomic E-state index is 13.6. The van der Waals surface area contributed by atoms with Gasteiger partial charge >= 0.3 is 6.36 Å². The van der Waals surface area contributed by atoms with Crippen LogP contribution < -0.4 is 9.47 Å². The van der Waals surface area contributed by atoms with E-state index in [4.69, 9.17) is 4.74 Å². The van der Waals surface area contributed by atoms with Crippen molar-refractivity contribution in [3.63, 3.8) is 0 Å². The van der Waals surface area contributed by atoms with Crippen molar-refractivity contribution in [3.8, 4) is 17.2 Å². The number of sulfone groups is 1. The molecule has 0 saturated carbocycles. The van der Waals surface area contributed by atoms with Gasteiger partial charge in [-0.25, -0.2) is 8.42 Å². The van der Waals surface area contributed by atoms with Gasteiger partial charge in [0, 0.05) is 5.56 Å². The van der Waals surface area contributed by atoms with Gasteiger partial charge in [-0.15, -0.1) is 13.2 Å². The first kappa shape index (κ1) is 22.5. The SMILES string of the molecule is COc1cccc(C(c2cccc(OC(F)(F)F)c2)S(=O)(=O)c2ccc(C)cc2)c1O. The summed E-state index contributed by atoms with van der Waals surface area (Å²) in [6.45, 7) is 1.79. The highest BCUT2D eigenvalue weighted by atomic mass is 32.2. The Bertz CT molecular complexity index is 1170. The molecule has 0 heterocycles. The number of benzene rings is 3. The van der Waals surface area contributed by atoms with Gasteiger partial charge in [0.15, 0.2) is 21.3 Å². The molecule has 0 bridgehead atoms. The van der Waals surface area contributed by atoms with E-state index >= 15 is 0 Å². The van der Waals surface area contributed by atoms with Crippen LogP contribution in [0.2, 0.25) is 0 Å². The lowest BCUT2D eigenvalue weighted by Crippen LogP contribution is -2.18. The maximum Gasteiger partial charge on any atom is 0.573 e. The molecule has 31 heavy (non-hydrogen) atoms. The van der Waals surface area contributed by atoms with Crippen molar-refractivity contribution in [2.45, 2.75) is 23.4 Å². The van der Waals surface area contributed by atoms with Gasteiger partial charge in [0.2, 0.25) is 0 Å². The molecule has 1 unspecified atom stereocenters. The number of aryl methyl sites for hydroxylation is 1. The number of para-hydroxylation sites is 1. The number of hydrogen-bond donors (Lipinski definition) is 1. The third kappa shape index (κ3) is 4.93. The van der Waals surface area contributed by atoms with Crippen LogP contribution in [0, 0.1) is 6.92 Å². The van der Waals surface area contributed by atoms with E-state index in [0.29, 0.717) is 0 Å². The number of alkyl halides is 3. The molecule has 1 N–H and O–H groups in total. The van der Waals surface area contributed by atoms with Crippen LogP contribution in [0.25, 0.3) is 0 Å². The molecule has 1 atom stereocenters. The minimum atomic E-state index is -4.94. The van der Waals surface area contributed by atoms with E-state index < -0.39 is 32.9 Å². The van der Waals surface area contributed by atoms with E-state index in [9.17, 15) is 26.7 Å². The Morgan fingerprint density at radius 2 is 1.61 bits per heavy atom. The molecule has 0 saturated heterocycles. The molecule has 3 aromatic carbocycles. The van der Waals surface area contributed by atoms with Crippen molar-refractivity contribution in [1.29, 1.82) is 0 Å². The van der Waals surface area contributed by atoms with Crippen molar-refractivity contribution in [3.05, 3.63) is 83.4 Å². The van der Waals surface area contributed by atoms with Crippen LogP contribution in [0.1, 0.15) is 21.9 Å². The first-order valence-electron chi connectivity index (χ1n) is 9.05. The molecule has 9 heteroatoms. The van der Waals surface area contributed by atoms with E-state index in [1.165, 1.54) is 49.6 Å². The Morgan fingerprint density at radius 3 is 2.23 bits per heavy atom. The fraction of sp³-hybridized carbons (Fsp3) is 0.182. The number of halogens is 3. The summed E-state index contributed by atoms with van der Waals surface area (Å²) >= 11 is 0. The van der Waals surface area contributed by atoms with Crippen molar-refractivity contribution < 1.29 is 36.2 Å². The molecule has 0 aliphatic heterocycles. The molecule has 0 fully saturated rings. The van der Waals surface area contributed by atoms with E-state index in [2.05, 4.69) is 4.74 Å². The molecule has 164 valence electrons. The first-order valence-corrected chi connectivity index (χ1v) is 10.6. The summed E-state index contributed by atoms with van der Waals surface area (Å²) in [6, 6.07) is 15.0. The Labute approximate surface area is 177 Å². The topological polar surface area (TPSA) is 72.8 Å². The largest absolute Gasteiger partial charge is 0.573 e. The highest BCUT2D eigenvalue weighted by Crippen LogP contribution is 2.43. The quantitative estimate of drug-likeness (QED) is 0.559. The highest BCUT2D eigenvalue weighted by Gasteiger charge is 2.35. The van der Waals surface area contributed by atoms with Gasteiger partial charge in [-0.3, -0.25) is 0 Å². The molecule has 0 aliphatic rings. The average Bonchev–Trinajstić information content (AvgIpc) is 2.69. The second-order valence-corrected chi connectivity index (χ2v) is 8.79. The van der Waals surface area contributed by atoms with Crippen LogP contribution in [0.5, 0.6) is 17.2 Å². The fourth-order valence-corrected chi connectivity index (χ4v) is 5.00. The number of hydrogen-bond acceptors (Lipinski definition) is 5. The van der Waals surface area contributed by atoms with E-state index in [1.807, 2.05) is 0 Å². The summed E-state index contributed by atoms with van der Waals surface area (Å²) in [4.78, 5) is -0.0486. The summed E-state index contributed by atoms with van der Waals surface area (Å²) in [7, 11) is -2.88. The Morgan fingerprint density at radius 1 is 0.968 bits per heavy atom. The van der Waals surface area contributed by atoms with Crippen molar-refractivity contribution in [2.24, 2.45) is 0 Å². The lowest BCUT2D eigenvalue weighted by Gasteiger charge is -2.21. The first-order chi connectivity index (χ1) is 14.5. The number of phenolic OH excluding ortho intramolecular Hbond substituents is 1. The zero-order chi connectivity index (χ0) is 22.8. The van der Waals surface area contributed by atoms with Crippen LogP contribution >= 0.6 is 0 Å². The van der Waals surface area contributed by atoms with E-state index in [-0.39, 0.29) is 21.8 Å². The van der Waals surface area contributed by atoms with E-state index in [0.717, 1.165) is 17.7 Å². The van der Waals surface area contributed by atoms with Crippen molar-refractivity contribution in [2.75, 3.05) is 7.11 Å². The van der Waals surface area contributed by atoms with Crippen LogP contribution in [-0.2, 0) is 9.84 Å². The van der Waals surface area contributed by atoms with Crippen molar-refractivity contribution >= 4 is 9.84 Å². The summed E-state index contributed by atoms with van der Waals surface area (Å²) in [5.74, 6) is -0.964. The van der Waals surface area contributed by atoms with Crippen LogP contribution in [-0.4, -0.2) is 27.0 Å². The number of aromatic hydroxyl groups is 1. The van der Waals surface area contributed by atoms with Gasteiger partial charge in [-0.1, -0.05) is 42.0 Å². The molecule has 0 radical (unpaired) electrons.